The van der Waals surface area contributed by atoms with E-state index in [0.29, 0.717) is 6.42 Å². The van der Waals surface area contributed by atoms with Crippen LogP contribution in [0, 0.1) is 0 Å². The van der Waals surface area contributed by atoms with Crippen molar-refractivity contribution in [2.24, 2.45) is 0 Å². The molecule has 3 rings (SSSR count). The zero-order valence-electron chi connectivity index (χ0n) is 13.1. The lowest BCUT2D eigenvalue weighted by atomic mass is 10.1. The molecule has 0 aliphatic heterocycles. The molecule has 2 N–H and O–H groups in total. The van der Waals surface area contributed by atoms with Gasteiger partial charge in [0.25, 0.3) is 0 Å². The van der Waals surface area contributed by atoms with Gasteiger partial charge in [0.05, 0.1) is 11.0 Å². The van der Waals surface area contributed by atoms with Gasteiger partial charge in [0.15, 0.2) is 0 Å². The summed E-state index contributed by atoms with van der Waals surface area (Å²) in [5.41, 5.74) is 0.968. The largest absolute Gasteiger partial charge is 0.391 e. The Kier molecular flexibility index (Phi) is 4.94. The number of aliphatic hydroxyl groups is 1. The van der Waals surface area contributed by atoms with Gasteiger partial charge in [-0.1, -0.05) is 60.7 Å². The van der Waals surface area contributed by atoms with Gasteiger partial charge in [-0.25, -0.2) is 13.1 Å². The summed E-state index contributed by atoms with van der Waals surface area (Å²) < 4.78 is 27.3. The highest BCUT2D eigenvalue weighted by molar-refractivity contribution is 7.89. The lowest BCUT2D eigenvalue weighted by Crippen LogP contribution is -2.33. The van der Waals surface area contributed by atoms with Crippen molar-refractivity contribution in [3.05, 3.63) is 78.4 Å². The van der Waals surface area contributed by atoms with Crippen LogP contribution in [0.15, 0.2) is 77.7 Å². The molecule has 0 saturated heterocycles. The molecular weight excluding hydrogens is 322 g/mol. The Bertz CT molecular complexity index is 924. The van der Waals surface area contributed by atoms with Crippen LogP contribution in [0.5, 0.6) is 0 Å². The van der Waals surface area contributed by atoms with Crippen molar-refractivity contribution >= 4 is 20.8 Å². The first-order valence-corrected chi connectivity index (χ1v) is 9.23. The first kappa shape index (κ1) is 16.6. The number of aliphatic hydroxyl groups excluding tert-OH is 1. The molecule has 0 aromatic heterocycles. The van der Waals surface area contributed by atoms with Gasteiger partial charge in [0.1, 0.15) is 0 Å². The second kappa shape index (κ2) is 7.13. The lowest BCUT2D eigenvalue weighted by molar-refractivity contribution is 0.179. The monoisotopic (exact) mass is 341 g/mol. The number of sulfonamides is 1. The summed E-state index contributed by atoms with van der Waals surface area (Å²) in [5.74, 6) is 0. The predicted molar refractivity (Wildman–Crippen MR) is 95.3 cm³/mol. The van der Waals surface area contributed by atoms with E-state index in [1.54, 1.807) is 18.2 Å². The average molecular weight is 341 g/mol. The van der Waals surface area contributed by atoms with Gasteiger partial charge < -0.3 is 5.11 Å². The Morgan fingerprint density at radius 1 is 0.875 bits per heavy atom. The molecule has 0 amide bonds. The molecule has 24 heavy (non-hydrogen) atoms. The van der Waals surface area contributed by atoms with Crippen molar-refractivity contribution in [3.63, 3.8) is 0 Å². The van der Waals surface area contributed by atoms with E-state index < -0.39 is 16.1 Å². The second-order valence-electron chi connectivity index (χ2n) is 5.70. The van der Waals surface area contributed by atoms with Crippen LogP contribution in [-0.4, -0.2) is 26.2 Å². The summed E-state index contributed by atoms with van der Waals surface area (Å²) in [5, 5.41) is 11.9. The molecule has 3 aromatic carbocycles. The summed E-state index contributed by atoms with van der Waals surface area (Å²) in [6.45, 7) is -0.0238. The summed E-state index contributed by atoms with van der Waals surface area (Å²) >= 11 is 0. The Morgan fingerprint density at radius 2 is 1.54 bits per heavy atom. The van der Waals surface area contributed by atoms with Gasteiger partial charge in [-0.05, 0) is 34.9 Å². The Labute approximate surface area is 141 Å². The number of nitrogens with one attached hydrogen (secondary N) is 1. The van der Waals surface area contributed by atoms with Crippen LogP contribution < -0.4 is 4.72 Å². The van der Waals surface area contributed by atoms with Gasteiger partial charge in [-0.3, -0.25) is 0 Å². The maximum atomic E-state index is 12.4. The fourth-order valence-electron chi connectivity index (χ4n) is 2.58. The molecule has 0 saturated carbocycles. The van der Waals surface area contributed by atoms with Gasteiger partial charge in [0, 0.05) is 6.54 Å². The number of benzene rings is 3. The highest BCUT2D eigenvalue weighted by Gasteiger charge is 2.16. The molecular formula is C19H19NO3S. The summed E-state index contributed by atoms with van der Waals surface area (Å²) in [6, 6.07) is 22.1. The third-order valence-corrected chi connectivity index (χ3v) is 5.28. The highest BCUT2D eigenvalue weighted by atomic mass is 32.2. The predicted octanol–water partition coefficient (Wildman–Crippen LogP) is 2.72. The van der Waals surface area contributed by atoms with Gasteiger partial charge in [-0.15, -0.1) is 0 Å². The van der Waals surface area contributed by atoms with Crippen molar-refractivity contribution in [2.45, 2.75) is 17.4 Å². The molecule has 124 valence electrons. The SMILES string of the molecule is O=S(=O)(NC[C@H](O)Cc1ccccc1)c1ccc2ccccc2c1. The molecule has 0 aliphatic carbocycles. The molecule has 5 heteroatoms. The fourth-order valence-corrected chi connectivity index (χ4v) is 3.69. The topological polar surface area (TPSA) is 66.4 Å². The molecule has 0 radical (unpaired) electrons. The van der Waals surface area contributed by atoms with E-state index in [0.717, 1.165) is 16.3 Å². The minimum atomic E-state index is -3.65. The molecule has 0 unspecified atom stereocenters. The molecule has 1 atom stereocenters. The van der Waals surface area contributed by atoms with Gasteiger partial charge >= 0.3 is 0 Å². The first-order chi connectivity index (χ1) is 11.5. The first-order valence-electron chi connectivity index (χ1n) is 7.75. The van der Waals surface area contributed by atoms with Gasteiger partial charge in [-0.2, -0.15) is 0 Å². The van der Waals surface area contributed by atoms with E-state index in [9.17, 15) is 13.5 Å². The molecule has 3 aromatic rings. The van der Waals surface area contributed by atoms with E-state index >= 15 is 0 Å². The Hall–Kier alpha value is -2.21. The average Bonchev–Trinajstić information content (AvgIpc) is 2.60. The Morgan fingerprint density at radius 3 is 2.29 bits per heavy atom. The number of fused-ring (bicyclic) bond motifs is 1. The van der Waals surface area contributed by atoms with Crippen molar-refractivity contribution in [1.82, 2.24) is 4.72 Å². The molecule has 0 spiro atoms. The minimum absolute atomic E-state index is 0.0238. The number of rotatable bonds is 6. The number of hydrogen-bond acceptors (Lipinski definition) is 3. The van der Waals surface area contributed by atoms with Crippen LogP contribution in [0.2, 0.25) is 0 Å². The van der Waals surface area contributed by atoms with Crippen LogP contribution in [0.1, 0.15) is 5.56 Å². The maximum Gasteiger partial charge on any atom is 0.240 e. The lowest BCUT2D eigenvalue weighted by Gasteiger charge is -2.13. The van der Waals surface area contributed by atoms with Crippen LogP contribution >= 0.6 is 0 Å². The molecule has 0 bridgehead atoms. The molecule has 0 heterocycles. The zero-order chi connectivity index (χ0) is 17.0. The summed E-state index contributed by atoms with van der Waals surface area (Å²) in [4.78, 5) is 0.202. The standard InChI is InChI=1S/C19H19NO3S/c21-18(12-15-6-2-1-3-7-15)14-20-24(22,23)19-11-10-16-8-4-5-9-17(16)13-19/h1-11,13,18,20-21H,12,14H2/t18-/m1/s1. The van der Waals surface area contributed by atoms with Crippen molar-refractivity contribution in [3.8, 4) is 0 Å². The third kappa shape index (κ3) is 4.00. The Balaban J connectivity index is 1.68. The normalized spacial score (nSPS) is 13.0. The van der Waals surface area contributed by atoms with Crippen LogP contribution in [-0.2, 0) is 16.4 Å². The van der Waals surface area contributed by atoms with Crippen molar-refractivity contribution in [2.75, 3.05) is 6.54 Å². The maximum absolute atomic E-state index is 12.4. The highest BCUT2D eigenvalue weighted by Crippen LogP contribution is 2.18. The summed E-state index contributed by atoms with van der Waals surface area (Å²) in [7, 11) is -3.65. The summed E-state index contributed by atoms with van der Waals surface area (Å²) in [6.07, 6.45) is -0.371. The van der Waals surface area contributed by atoms with E-state index in [2.05, 4.69) is 4.72 Å². The quantitative estimate of drug-likeness (QED) is 0.724. The molecule has 4 nitrogen and oxygen atoms in total. The van der Waals surface area contributed by atoms with Crippen LogP contribution in [0.4, 0.5) is 0 Å². The van der Waals surface area contributed by atoms with E-state index in [1.807, 2.05) is 54.6 Å². The third-order valence-electron chi connectivity index (χ3n) is 3.85. The van der Waals surface area contributed by atoms with Crippen molar-refractivity contribution < 1.29 is 13.5 Å². The zero-order valence-corrected chi connectivity index (χ0v) is 13.9. The van der Waals surface area contributed by atoms with E-state index in [4.69, 9.17) is 0 Å². The number of hydrogen-bond donors (Lipinski definition) is 2. The van der Waals surface area contributed by atoms with Crippen LogP contribution in [0.25, 0.3) is 10.8 Å². The minimum Gasteiger partial charge on any atom is -0.391 e. The van der Waals surface area contributed by atoms with E-state index in [-0.39, 0.29) is 11.4 Å². The smallest absolute Gasteiger partial charge is 0.240 e. The molecule has 0 fully saturated rings. The second-order valence-corrected chi connectivity index (χ2v) is 7.47. The fraction of sp³-hybridized carbons (Fsp3) is 0.158. The van der Waals surface area contributed by atoms with Crippen molar-refractivity contribution in [1.29, 1.82) is 0 Å². The van der Waals surface area contributed by atoms with Crippen LogP contribution in [0.3, 0.4) is 0 Å². The van der Waals surface area contributed by atoms with E-state index in [1.165, 1.54) is 0 Å². The van der Waals surface area contributed by atoms with Gasteiger partial charge in [0.2, 0.25) is 10.0 Å². The molecule has 0 aliphatic rings.